The third kappa shape index (κ3) is 2.66. The number of alkyl halides is 3. The summed E-state index contributed by atoms with van der Waals surface area (Å²) in [7, 11) is 0. The van der Waals surface area contributed by atoms with Crippen LogP contribution in [0.1, 0.15) is 43.4 Å². The van der Waals surface area contributed by atoms with Crippen LogP contribution in [0.4, 0.5) is 13.2 Å². The van der Waals surface area contributed by atoms with Crippen molar-refractivity contribution in [1.82, 2.24) is 4.98 Å². The summed E-state index contributed by atoms with van der Waals surface area (Å²) in [4.78, 5) is 3.79. The molecule has 1 aromatic heterocycles. The maximum atomic E-state index is 12.9. The number of hydrogen-bond donors (Lipinski definition) is 1. The van der Waals surface area contributed by atoms with Crippen molar-refractivity contribution in [2.75, 3.05) is 0 Å². The molecule has 2 rings (SSSR count). The molecule has 18 heavy (non-hydrogen) atoms. The molecule has 0 aromatic carbocycles. The third-order valence-electron chi connectivity index (χ3n) is 3.76. The van der Waals surface area contributed by atoms with Crippen LogP contribution in [-0.2, 0) is 6.18 Å². The van der Waals surface area contributed by atoms with Gasteiger partial charge in [-0.3, -0.25) is 4.98 Å². The van der Waals surface area contributed by atoms with Crippen LogP contribution in [0.5, 0.6) is 0 Å². The van der Waals surface area contributed by atoms with Crippen LogP contribution in [0.25, 0.3) is 0 Å². The number of pyridine rings is 1. The fourth-order valence-corrected chi connectivity index (χ4v) is 2.76. The van der Waals surface area contributed by atoms with Gasteiger partial charge in [0.25, 0.3) is 0 Å². The van der Waals surface area contributed by atoms with Crippen molar-refractivity contribution in [3.8, 4) is 0 Å². The lowest BCUT2D eigenvalue weighted by Crippen LogP contribution is -2.23. The Kier molecular flexibility index (Phi) is 3.61. The van der Waals surface area contributed by atoms with Crippen LogP contribution in [-0.4, -0.2) is 4.98 Å². The molecule has 3 unspecified atom stereocenters. The van der Waals surface area contributed by atoms with E-state index in [2.05, 4.69) is 11.9 Å². The highest BCUT2D eigenvalue weighted by atomic mass is 19.4. The molecule has 0 aliphatic heterocycles. The molecule has 1 aliphatic carbocycles. The SMILES string of the molecule is CC1CCC(C(N)c2cnccc2C(F)(F)F)C1. The largest absolute Gasteiger partial charge is 0.416 e. The Hall–Kier alpha value is -1.10. The molecule has 0 radical (unpaired) electrons. The quantitative estimate of drug-likeness (QED) is 0.881. The molecule has 0 spiro atoms. The van der Waals surface area contributed by atoms with Crippen LogP contribution in [0.15, 0.2) is 18.5 Å². The summed E-state index contributed by atoms with van der Waals surface area (Å²) in [5.74, 6) is 0.678. The number of nitrogens with zero attached hydrogens (tertiary/aromatic N) is 1. The van der Waals surface area contributed by atoms with Crippen molar-refractivity contribution in [3.05, 3.63) is 29.6 Å². The van der Waals surface area contributed by atoms with Gasteiger partial charge in [0.15, 0.2) is 0 Å². The zero-order valence-corrected chi connectivity index (χ0v) is 10.2. The van der Waals surface area contributed by atoms with E-state index in [1.807, 2.05) is 0 Å². The van der Waals surface area contributed by atoms with Crippen molar-refractivity contribution in [2.45, 2.75) is 38.4 Å². The second kappa shape index (κ2) is 4.88. The van der Waals surface area contributed by atoms with Crippen molar-refractivity contribution >= 4 is 0 Å². The molecular formula is C13H17F3N2. The van der Waals surface area contributed by atoms with E-state index in [1.165, 1.54) is 6.20 Å². The lowest BCUT2D eigenvalue weighted by Gasteiger charge is -2.22. The number of rotatable bonds is 2. The topological polar surface area (TPSA) is 38.9 Å². The molecular weight excluding hydrogens is 241 g/mol. The molecule has 2 nitrogen and oxygen atoms in total. The van der Waals surface area contributed by atoms with Crippen molar-refractivity contribution < 1.29 is 13.2 Å². The fourth-order valence-electron chi connectivity index (χ4n) is 2.76. The Morgan fingerprint density at radius 3 is 2.67 bits per heavy atom. The van der Waals surface area contributed by atoms with Crippen LogP contribution < -0.4 is 5.73 Å². The summed E-state index contributed by atoms with van der Waals surface area (Å²) in [6.45, 7) is 2.11. The third-order valence-corrected chi connectivity index (χ3v) is 3.76. The van der Waals surface area contributed by atoms with E-state index in [-0.39, 0.29) is 11.5 Å². The van der Waals surface area contributed by atoms with E-state index < -0.39 is 17.8 Å². The minimum absolute atomic E-state index is 0.129. The van der Waals surface area contributed by atoms with Gasteiger partial charge in [-0.2, -0.15) is 13.2 Å². The molecule has 0 saturated heterocycles. The van der Waals surface area contributed by atoms with E-state index in [0.29, 0.717) is 5.92 Å². The van der Waals surface area contributed by atoms with Gasteiger partial charge in [-0.05, 0) is 36.3 Å². The summed E-state index contributed by atoms with van der Waals surface area (Å²) in [5.41, 5.74) is 5.50. The smallest absolute Gasteiger partial charge is 0.324 e. The van der Waals surface area contributed by atoms with Gasteiger partial charge in [0.05, 0.1) is 5.56 Å². The van der Waals surface area contributed by atoms with Gasteiger partial charge in [-0.15, -0.1) is 0 Å². The highest BCUT2D eigenvalue weighted by Crippen LogP contribution is 2.41. The monoisotopic (exact) mass is 258 g/mol. The second-order valence-electron chi connectivity index (χ2n) is 5.16. The zero-order valence-electron chi connectivity index (χ0n) is 10.2. The average Bonchev–Trinajstić information content (AvgIpc) is 2.74. The first-order chi connectivity index (χ1) is 8.39. The first-order valence-electron chi connectivity index (χ1n) is 6.16. The lowest BCUT2D eigenvalue weighted by molar-refractivity contribution is -0.138. The average molecular weight is 258 g/mol. The maximum absolute atomic E-state index is 12.9. The minimum atomic E-state index is -4.36. The Balaban J connectivity index is 2.28. The molecule has 1 heterocycles. The van der Waals surface area contributed by atoms with E-state index in [4.69, 9.17) is 5.73 Å². The normalized spacial score (nSPS) is 26.3. The van der Waals surface area contributed by atoms with Crippen LogP contribution in [0.2, 0.25) is 0 Å². The summed E-state index contributed by atoms with van der Waals surface area (Å²) in [6, 6.07) is 0.438. The predicted molar refractivity (Wildman–Crippen MR) is 62.7 cm³/mol. The summed E-state index contributed by atoms with van der Waals surface area (Å²) < 4.78 is 38.7. The van der Waals surface area contributed by atoms with Gasteiger partial charge in [-0.1, -0.05) is 13.3 Å². The lowest BCUT2D eigenvalue weighted by atomic mass is 9.90. The molecule has 100 valence electrons. The molecule has 1 aromatic rings. The van der Waals surface area contributed by atoms with Gasteiger partial charge >= 0.3 is 6.18 Å². The molecule has 0 amide bonds. The molecule has 0 bridgehead atoms. The number of aromatic nitrogens is 1. The van der Waals surface area contributed by atoms with E-state index in [0.717, 1.165) is 31.5 Å². The molecule has 1 saturated carbocycles. The fraction of sp³-hybridized carbons (Fsp3) is 0.615. The standard InChI is InChI=1S/C13H17F3N2/c1-8-2-3-9(6-8)12(17)10-7-18-5-4-11(10)13(14,15)16/h4-5,7-9,12H,2-3,6,17H2,1H3. The molecule has 1 fully saturated rings. The van der Waals surface area contributed by atoms with Crippen molar-refractivity contribution in [1.29, 1.82) is 0 Å². The molecule has 5 heteroatoms. The van der Waals surface area contributed by atoms with Gasteiger partial charge < -0.3 is 5.73 Å². The molecule has 2 N–H and O–H groups in total. The van der Waals surface area contributed by atoms with Crippen LogP contribution >= 0.6 is 0 Å². The minimum Gasteiger partial charge on any atom is -0.324 e. The number of hydrogen-bond acceptors (Lipinski definition) is 2. The summed E-state index contributed by atoms with van der Waals surface area (Å²) >= 11 is 0. The Morgan fingerprint density at radius 2 is 2.11 bits per heavy atom. The van der Waals surface area contributed by atoms with Crippen molar-refractivity contribution in [2.24, 2.45) is 17.6 Å². The van der Waals surface area contributed by atoms with E-state index in [1.54, 1.807) is 0 Å². The Morgan fingerprint density at radius 1 is 1.39 bits per heavy atom. The van der Waals surface area contributed by atoms with Gasteiger partial charge in [0, 0.05) is 18.4 Å². The van der Waals surface area contributed by atoms with E-state index in [9.17, 15) is 13.2 Å². The number of nitrogens with two attached hydrogens (primary N) is 1. The predicted octanol–water partition coefficient (Wildman–Crippen LogP) is 3.54. The zero-order chi connectivity index (χ0) is 13.3. The summed E-state index contributed by atoms with van der Waals surface area (Å²) in [5, 5.41) is 0. The Labute approximate surface area is 104 Å². The second-order valence-corrected chi connectivity index (χ2v) is 5.16. The van der Waals surface area contributed by atoms with Gasteiger partial charge in [-0.25, -0.2) is 0 Å². The summed E-state index contributed by atoms with van der Waals surface area (Å²) in [6.07, 6.45) is 0.898. The first kappa shape index (κ1) is 13.3. The Bertz CT molecular complexity index is 417. The number of halogens is 3. The van der Waals surface area contributed by atoms with E-state index >= 15 is 0 Å². The maximum Gasteiger partial charge on any atom is 0.416 e. The van der Waals surface area contributed by atoms with Gasteiger partial charge in [0.2, 0.25) is 0 Å². The van der Waals surface area contributed by atoms with Crippen LogP contribution in [0, 0.1) is 11.8 Å². The first-order valence-corrected chi connectivity index (χ1v) is 6.16. The molecule has 3 atom stereocenters. The van der Waals surface area contributed by atoms with Crippen LogP contribution in [0.3, 0.4) is 0 Å². The van der Waals surface area contributed by atoms with Gasteiger partial charge in [0.1, 0.15) is 0 Å². The van der Waals surface area contributed by atoms with Crippen molar-refractivity contribution in [3.63, 3.8) is 0 Å². The highest BCUT2D eigenvalue weighted by molar-refractivity contribution is 5.29. The molecule has 1 aliphatic rings. The highest BCUT2D eigenvalue weighted by Gasteiger charge is 2.37.